The highest BCUT2D eigenvalue weighted by molar-refractivity contribution is 5.91. The minimum atomic E-state index is -0.127. The van der Waals surface area contributed by atoms with Crippen molar-refractivity contribution in [3.8, 4) is 11.6 Å². The zero-order chi connectivity index (χ0) is 16.8. The molecule has 0 bridgehead atoms. The Labute approximate surface area is 140 Å². The summed E-state index contributed by atoms with van der Waals surface area (Å²) in [6, 6.07) is 7.23. The Morgan fingerprint density at radius 3 is 2.75 bits per heavy atom. The highest BCUT2D eigenvalue weighted by Crippen LogP contribution is 2.24. The third-order valence-corrected chi connectivity index (χ3v) is 3.90. The first kappa shape index (κ1) is 16.0. The van der Waals surface area contributed by atoms with Gasteiger partial charge in [0.25, 0.3) is 0 Å². The average Bonchev–Trinajstić information content (AvgIpc) is 2.63. The minimum absolute atomic E-state index is 0.0528. The molecule has 0 saturated carbocycles. The lowest BCUT2D eigenvalue weighted by Gasteiger charge is -2.32. The number of piperidine rings is 1. The molecule has 2 amide bonds. The smallest absolute Gasteiger partial charge is 0.321 e. The second kappa shape index (κ2) is 7.63. The molecular weight excluding hydrogens is 308 g/mol. The predicted octanol–water partition coefficient (Wildman–Crippen LogP) is 2.56. The van der Waals surface area contributed by atoms with Crippen LogP contribution in [0, 0.1) is 0 Å². The Morgan fingerprint density at radius 2 is 2.04 bits per heavy atom. The van der Waals surface area contributed by atoms with E-state index in [2.05, 4.69) is 15.3 Å². The number of carbonyl (C=O) groups is 1. The van der Waals surface area contributed by atoms with Crippen molar-refractivity contribution in [1.82, 2.24) is 14.9 Å². The van der Waals surface area contributed by atoms with E-state index in [9.17, 15) is 4.79 Å². The zero-order valence-electron chi connectivity index (χ0n) is 13.5. The number of carbonyl (C=O) groups excluding carboxylic acids is 1. The van der Waals surface area contributed by atoms with Gasteiger partial charge in [0.05, 0.1) is 19.0 Å². The number of hydrogen-bond acceptors (Lipinski definition) is 5. The molecule has 1 fully saturated rings. The zero-order valence-corrected chi connectivity index (χ0v) is 13.5. The minimum Gasteiger partial charge on any atom is -0.495 e. The topological polar surface area (TPSA) is 76.6 Å². The molecule has 2 aromatic rings. The van der Waals surface area contributed by atoms with Gasteiger partial charge < -0.3 is 19.7 Å². The number of anilines is 1. The molecule has 1 saturated heterocycles. The molecule has 24 heavy (non-hydrogen) atoms. The monoisotopic (exact) mass is 328 g/mol. The van der Waals surface area contributed by atoms with Crippen molar-refractivity contribution < 1.29 is 14.3 Å². The third-order valence-electron chi connectivity index (χ3n) is 3.90. The van der Waals surface area contributed by atoms with Crippen LogP contribution in [0.15, 0.2) is 42.9 Å². The lowest BCUT2D eigenvalue weighted by molar-refractivity contribution is 0.111. The number of methoxy groups -OCH3 is 1. The predicted molar refractivity (Wildman–Crippen MR) is 89.3 cm³/mol. The normalized spacial score (nSPS) is 15.0. The molecule has 0 spiro atoms. The van der Waals surface area contributed by atoms with E-state index in [-0.39, 0.29) is 12.1 Å². The van der Waals surface area contributed by atoms with Gasteiger partial charge in [-0.2, -0.15) is 0 Å². The molecule has 3 rings (SSSR count). The van der Waals surface area contributed by atoms with Crippen LogP contribution in [0.1, 0.15) is 12.8 Å². The Hall–Kier alpha value is -2.83. The first-order valence-corrected chi connectivity index (χ1v) is 7.88. The first-order chi connectivity index (χ1) is 11.8. The number of urea groups is 1. The summed E-state index contributed by atoms with van der Waals surface area (Å²) in [7, 11) is 1.58. The van der Waals surface area contributed by atoms with Crippen LogP contribution < -0.4 is 14.8 Å². The molecule has 1 aliphatic heterocycles. The van der Waals surface area contributed by atoms with Crippen LogP contribution in [-0.4, -0.2) is 47.2 Å². The first-order valence-electron chi connectivity index (χ1n) is 7.88. The third kappa shape index (κ3) is 3.92. The van der Waals surface area contributed by atoms with Crippen molar-refractivity contribution >= 4 is 11.7 Å². The van der Waals surface area contributed by atoms with Gasteiger partial charge in [0.15, 0.2) is 0 Å². The summed E-state index contributed by atoms with van der Waals surface area (Å²) < 4.78 is 11.0. The lowest BCUT2D eigenvalue weighted by atomic mass is 10.1. The summed E-state index contributed by atoms with van der Waals surface area (Å²) >= 11 is 0. The molecule has 1 aliphatic rings. The van der Waals surface area contributed by atoms with Crippen molar-refractivity contribution in [2.45, 2.75) is 18.9 Å². The van der Waals surface area contributed by atoms with E-state index in [1.54, 1.807) is 30.6 Å². The van der Waals surface area contributed by atoms with E-state index in [0.717, 1.165) is 12.8 Å². The van der Waals surface area contributed by atoms with Gasteiger partial charge in [-0.05, 0) is 12.1 Å². The van der Waals surface area contributed by atoms with E-state index in [1.165, 1.54) is 0 Å². The maximum Gasteiger partial charge on any atom is 0.321 e. The number of ether oxygens (including phenoxy) is 2. The van der Waals surface area contributed by atoms with Crippen LogP contribution in [-0.2, 0) is 0 Å². The Kier molecular flexibility index (Phi) is 5.10. The molecule has 0 atom stereocenters. The summed E-state index contributed by atoms with van der Waals surface area (Å²) in [6.07, 6.45) is 6.38. The number of para-hydroxylation sites is 2. The number of likely N-dealkylation sites (tertiary alicyclic amines) is 1. The number of amides is 2. The van der Waals surface area contributed by atoms with Gasteiger partial charge in [0.2, 0.25) is 5.88 Å². The van der Waals surface area contributed by atoms with Crippen LogP contribution in [0.2, 0.25) is 0 Å². The summed E-state index contributed by atoms with van der Waals surface area (Å²) in [5, 5.41) is 2.89. The molecule has 7 nitrogen and oxygen atoms in total. The second-order valence-corrected chi connectivity index (χ2v) is 5.48. The molecule has 7 heteroatoms. The molecule has 1 aromatic heterocycles. The van der Waals surface area contributed by atoms with Crippen LogP contribution >= 0.6 is 0 Å². The van der Waals surface area contributed by atoms with Gasteiger partial charge in [-0.1, -0.05) is 12.1 Å². The quantitative estimate of drug-likeness (QED) is 0.933. The Morgan fingerprint density at radius 1 is 1.25 bits per heavy atom. The second-order valence-electron chi connectivity index (χ2n) is 5.48. The summed E-state index contributed by atoms with van der Waals surface area (Å²) in [4.78, 5) is 22.3. The van der Waals surface area contributed by atoms with Gasteiger partial charge in [0.1, 0.15) is 11.9 Å². The van der Waals surface area contributed by atoms with Crippen LogP contribution in [0.25, 0.3) is 0 Å². The highest BCUT2D eigenvalue weighted by Gasteiger charge is 2.24. The van der Waals surface area contributed by atoms with Gasteiger partial charge in [-0.25, -0.2) is 9.78 Å². The van der Waals surface area contributed by atoms with E-state index in [0.29, 0.717) is 30.4 Å². The van der Waals surface area contributed by atoms with E-state index >= 15 is 0 Å². The molecule has 126 valence electrons. The molecule has 2 heterocycles. The summed E-state index contributed by atoms with van der Waals surface area (Å²) in [5.74, 6) is 1.17. The number of benzene rings is 1. The van der Waals surface area contributed by atoms with Crippen LogP contribution in [0.3, 0.4) is 0 Å². The molecule has 1 N–H and O–H groups in total. The van der Waals surface area contributed by atoms with E-state index < -0.39 is 0 Å². The summed E-state index contributed by atoms with van der Waals surface area (Å²) in [5.41, 5.74) is 0.669. The van der Waals surface area contributed by atoms with Gasteiger partial charge in [-0.15, -0.1) is 0 Å². The molecule has 0 unspecified atom stereocenters. The standard InChI is InChI=1S/C17H20N4O3/c1-23-15-5-3-2-4-14(15)20-17(22)21-10-6-13(7-11-21)24-16-12-18-8-9-19-16/h2-5,8-9,12-13H,6-7,10-11H2,1H3,(H,20,22). The number of rotatable bonds is 4. The number of nitrogens with zero attached hydrogens (tertiary/aromatic N) is 3. The van der Waals surface area contributed by atoms with Crippen molar-refractivity contribution in [3.63, 3.8) is 0 Å². The van der Waals surface area contributed by atoms with Crippen LogP contribution in [0.5, 0.6) is 11.6 Å². The fourth-order valence-corrected chi connectivity index (χ4v) is 2.64. The maximum atomic E-state index is 12.4. The molecule has 0 radical (unpaired) electrons. The molecule has 1 aromatic carbocycles. The van der Waals surface area contributed by atoms with E-state index in [1.807, 2.05) is 24.3 Å². The molecular formula is C17H20N4O3. The highest BCUT2D eigenvalue weighted by atomic mass is 16.5. The number of nitrogens with one attached hydrogen (secondary N) is 1. The summed E-state index contributed by atoms with van der Waals surface area (Å²) in [6.45, 7) is 1.26. The number of aromatic nitrogens is 2. The van der Waals surface area contributed by atoms with Gasteiger partial charge >= 0.3 is 6.03 Å². The fourth-order valence-electron chi connectivity index (χ4n) is 2.64. The Balaban J connectivity index is 1.52. The van der Waals surface area contributed by atoms with Crippen molar-refractivity contribution in [3.05, 3.63) is 42.9 Å². The van der Waals surface area contributed by atoms with Crippen LogP contribution in [0.4, 0.5) is 10.5 Å². The van der Waals surface area contributed by atoms with Crippen molar-refractivity contribution in [2.24, 2.45) is 0 Å². The maximum absolute atomic E-state index is 12.4. The number of hydrogen-bond donors (Lipinski definition) is 1. The lowest BCUT2D eigenvalue weighted by Crippen LogP contribution is -2.43. The largest absolute Gasteiger partial charge is 0.495 e. The van der Waals surface area contributed by atoms with E-state index in [4.69, 9.17) is 9.47 Å². The SMILES string of the molecule is COc1ccccc1NC(=O)N1CCC(Oc2cnccn2)CC1. The van der Waals surface area contributed by atoms with Gasteiger partial charge in [-0.3, -0.25) is 4.98 Å². The van der Waals surface area contributed by atoms with Crippen molar-refractivity contribution in [1.29, 1.82) is 0 Å². The Bertz CT molecular complexity index is 673. The van der Waals surface area contributed by atoms with Gasteiger partial charge in [0, 0.05) is 38.3 Å². The fraction of sp³-hybridized carbons (Fsp3) is 0.353. The average molecular weight is 328 g/mol. The molecule has 0 aliphatic carbocycles. The van der Waals surface area contributed by atoms with Crippen molar-refractivity contribution in [2.75, 3.05) is 25.5 Å².